The van der Waals surface area contributed by atoms with Gasteiger partial charge in [-0.2, -0.15) is 13.2 Å². The topological polar surface area (TPSA) is 118 Å². The normalized spacial score (nSPS) is 11.8. The summed E-state index contributed by atoms with van der Waals surface area (Å²) < 4.78 is 68.4. The van der Waals surface area contributed by atoms with Crippen molar-refractivity contribution in [1.29, 1.82) is 0 Å². The van der Waals surface area contributed by atoms with Crippen molar-refractivity contribution in [3.63, 3.8) is 0 Å². The Morgan fingerprint density at radius 2 is 1.86 bits per heavy atom. The number of hydrogen-bond acceptors (Lipinski definition) is 6. The molecule has 0 aliphatic carbocycles. The van der Waals surface area contributed by atoms with Crippen molar-refractivity contribution >= 4 is 33.2 Å². The first-order valence-corrected chi connectivity index (χ1v) is 9.31. The predicted molar refractivity (Wildman–Crippen MR) is 90.9 cm³/mol. The molecular weight excluding hydrogens is 429 g/mol. The lowest BCUT2D eigenvalue weighted by Gasteiger charge is -2.11. The quantitative estimate of drug-likeness (QED) is 0.519. The van der Waals surface area contributed by atoms with E-state index >= 15 is 0 Å². The Morgan fingerprint density at radius 3 is 2.36 bits per heavy atom. The second-order valence-electron chi connectivity index (χ2n) is 5.31. The maximum atomic E-state index is 12.7. The van der Waals surface area contributed by atoms with Gasteiger partial charge in [0.2, 0.25) is 0 Å². The molecule has 0 aliphatic heterocycles. The first-order chi connectivity index (χ1) is 12.8. The average molecular weight is 438 g/mol. The van der Waals surface area contributed by atoms with E-state index in [1.807, 2.05) is 0 Å². The molecule has 0 atom stereocenters. The summed E-state index contributed by atoms with van der Waals surface area (Å²) in [5.74, 6) is -1.83. The summed E-state index contributed by atoms with van der Waals surface area (Å²) in [6.45, 7) is 0. The van der Waals surface area contributed by atoms with Crippen molar-refractivity contribution in [3.05, 3.63) is 62.7 Å². The van der Waals surface area contributed by atoms with Gasteiger partial charge >= 0.3 is 6.18 Å². The second-order valence-corrected chi connectivity index (χ2v) is 7.37. The average Bonchev–Trinajstić information content (AvgIpc) is 2.54. The van der Waals surface area contributed by atoms with E-state index in [1.54, 1.807) is 0 Å². The second kappa shape index (κ2) is 7.64. The molecule has 0 saturated heterocycles. The van der Waals surface area contributed by atoms with E-state index in [0.29, 0.717) is 18.4 Å². The molecule has 8 nitrogen and oxygen atoms in total. The lowest BCUT2D eigenvalue weighted by atomic mass is 10.1. The van der Waals surface area contributed by atoms with Crippen LogP contribution in [0, 0.1) is 10.1 Å². The van der Waals surface area contributed by atoms with Gasteiger partial charge in [-0.25, -0.2) is 8.42 Å². The van der Waals surface area contributed by atoms with Crippen molar-refractivity contribution in [2.24, 2.45) is 0 Å². The third-order valence-corrected chi connectivity index (χ3v) is 3.92. The molecule has 2 rings (SSSR count). The van der Waals surface area contributed by atoms with Gasteiger partial charge in [0, 0.05) is 12.1 Å². The van der Waals surface area contributed by atoms with E-state index in [9.17, 15) is 36.5 Å². The van der Waals surface area contributed by atoms with Gasteiger partial charge in [-0.15, -0.1) is 4.72 Å². The zero-order valence-electron chi connectivity index (χ0n) is 13.7. The van der Waals surface area contributed by atoms with Gasteiger partial charge in [-0.1, -0.05) is 11.6 Å². The Morgan fingerprint density at radius 1 is 1.21 bits per heavy atom. The minimum Gasteiger partial charge on any atom is -0.456 e. The summed E-state index contributed by atoms with van der Waals surface area (Å²) >= 11 is 5.76. The minimum absolute atomic E-state index is 0.209. The number of nitro benzene ring substituents is 1. The summed E-state index contributed by atoms with van der Waals surface area (Å²) in [5, 5.41) is 10.6. The summed E-state index contributed by atoms with van der Waals surface area (Å²) in [7, 11) is -4.13. The Bertz CT molecular complexity index is 1060. The molecule has 2 aromatic carbocycles. The molecule has 149 valence electrons. The van der Waals surface area contributed by atoms with Crippen LogP contribution in [-0.2, 0) is 16.2 Å². The summed E-state index contributed by atoms with van der Waals surface area (Å²) in [6.07, 6.45) is -4.00. The maximum absolute atomic E-state index is 12.7. The molecular formula is C15H9ClF3N2O6S. The minimum atomic E-state index is -4.62. The maximum Gasteiger partial charge on any atom is 0.416 e. The Labute approximate surface area is 161 Å². The number of carbonyl (C=O) groups excluding carboxylic acids is 1. The first kappa shape index (κ1) is 21.4. The number of amides is 1. The fourth-order valence-corrected chi connectivity index (χ4v) is 2.61. The number of sulfonamides is 1. The predicted octanol–water partition coefficient (Wildman–Crippen LogP) is 3.76. The number of nitro groups is 1. The molecule has 1 amide bonds. The van der Waals surface area contributed by atoms with E-state index in [4.69, 9.17) is 16.3 Å². The van der Waals surface area contributed by atoms with Crippen molar-refractivity contribution in [1.82, 2.24) is 4.72 Å². The molecule has 0 fully saturated rings. The Kier molecular flexibility index (Phi) is 5.85. The molecule has 0 heterocycles. The van der Waals surface area contributed by atoms with Crippen LogP contribution in [0.25, 0.3) is 0 Å². The third-order valence-electron chi connectivity index (χ3n) is 3.13. The van der Waals surface area contributed by atoms with Crippen molar-refractivity contribution in [3.8, 4) is 11.5 Å². The van der Waals surface area contributed by atoms with E-state index < -0.39 is 48.9 Å². The lowest BCUT2D eigenvalue weighted by molar-refractivity contribution is -0.385. The van der Waals surface area contributed by atoms with Crippen molar-refractivity contribution in [2.75, 3.05) is 6.26 Å². The van der Waals surface area contributed by atoms with Crippen LogP contribution in [0.3, 0.4) is 0 Å². The fourth-order valence-electron chi connectivity index (χ4n) is 2.00. The number of halogens is 4. The Balaban J connectivity index is 2.41. The fraction of sp³-hybridized carbons (Fsp3) is 0.133. The SMILES string of the molecule is CS(=O)(=O)[N]C(=O)c1cc(Oc2ccc(C(F)(F)F)cc2Cl)ccc1[N+](=O)[O-]. The van der Waals surface area contributed by atoms with Crippen LogP contribution in [0.2, 0.25) is 5.02 Å². The zero-order chi connectivity index (χ0) is 21.3. The van der Waals surface area contributed by atoms with Gasteiger partial charge in [0.25, 0.3) is 21.6 Å². The molecule has 13 heteroatoms. The van der Waals surface area contributed by atoms with Crippen molar-refractivity contribution < 1.29 is 36.0 Å². The van der Waals surface area contributed by atoms with Crippen LogP contribution in [0.15, 0.2) is 36.4 Å². The molecule has 0 unspecified atom stereocenters. The highest BCUT2D eigenvalue weighted by molar-refractivity contribution is 7.89. The van der Waals surface area contributed by atoms with Gasteiger partial charge in [0.15, 0.2) is 0 Å². The summed E-state index contributed by atoms with van der Waals surface area (Å²) in [6, 6.07) is 5.00. The Hall–Kier alpha value is -2.86. The van der Waals surface area contributed by atoms with Gasteiger partial charge < -0.3 is 4.74 Å². The largest absolute Gasteiger partial charge is 0.456 e. The van der Waals surface area contributed by atoms with Crippen LogP contribution in [0.1, 0.15) is 15.9 Å². The van der Waals surface area contributed by atoms with Crippen LogP contribution < -0.4 is 9.46 Å². The van der Waals surface area contributed by atoms with E-state index in [1.165, 1.54) is 0 Å². The monoisotopic (exact) mass is 437 g/mol. The van der Waals surface area contributed by atoms with Crippen molar-refractivity contribution in [2.45, 2.75) is 6.18 Å². The van der Waals surface area contributed by atoms with Gasteiger partial charge in [0.1, 0.15) is 17.1 Å². The number of carbonyl (C=O) groups is 1. The molecule has 0 bridgehead atoms. The first-order valence-electron chi connectivity index (χ1n) is 7.08. The summed E-state index contributed by atoms with van der Waals surface area (Å²) in [5.41, 5.74) is -2.43. The third kappa shape index (κ3) is 5.33. The smallest absolute Gasteiger partial charge is 0.416 e. The van der Waals surface area contributed by atoms with Crippen LogP contribution in [0.5, 0.6) is 11.5 Å². The highest BCUT2D eigenvalue weighted by atomic mass is 35.5. The molecule has 0 aliphatic rings. The van der Waals surface area contributed by atoms with Crippen LogP contribution in [-0.4, -0.2) is 25.5 Å². The zero-order valence-corrected chi connectivity index (χ0v) is 15.3. The molecule has 2 aromatic rings. The van der Waals surface area contributed by atoms with E-state index in [2.05, 4.69) is 4.72 Å². The van der Waals surface area contributed by atoms with E-state index in [0.717, 1.165) is 24.3 Å². The standard InChI is InChI=1S/C15H9ClF3N2O6S/c1-28(25,26)20-14(22)10-7-9(3-4-12(10)21(23)24)27-13-5-2-8(6-11(13)16)15(17,18)19/h2-7H,1H3. The van der Waals surface area contributed by atoms with E-state index in [-0.39, 0.29) is 11.5 Å². The molecule has 0 saturated carbocycles. The van der Waals surface area contributed by atoms with Crippen LogP contribution >= 0.6 is 11.6 Å². The van der Waals surface area contributed by atoms with Gasteiger partial charge in [-0.3, -0.25) is 14.9 Å². The van der Waals surface area contributed by atoms with Gasteiger partial charge in [-0.05, 0) is 24.3 Å². The molecule has 28 heavy (non-hydrogen) atoms. The number of hydrogen-bond donors (Lipinski definition) is 0. The number of alkyl halides is 3. The number of ether oxygens (including phenoxy) is 1. The number of rotatable bonds is 5. The molecule has 0 aromatic heterocycles. The highest BCUT2D eigenvalue weighted by Crippen LogP contribution is 2.37. The van der Waals surface area contributed by atoms with Crippen LogP contribution in [0.4, 0.5) is 18.9 Å². The molecule has 0 spiro atoms. The molecule has 1 radical (unpaired) electrons. The number of nitrogens with zero attached hydrogens (tertiary/aromatic N) is 2. The highest BCUT2D eigenvalue weighted by Gasteiger charge is 2.31. The summed E-state index contributed by atoms with van der Waals surface area (Å²) in [4.78, 5) is 22.1. The lowest BCUT2D eigenvalue weighted by Crippen LogP contribution is -2.22. The van der Waals surface area contributed by atoms with Gasteiger partial charge in [0.05, 0.1) is 21.8 Å². The number of benzene rings is 2. The molecule has 0 N–H and O–H groups in total.